The summed E-state index contributed by atoms with van der Waals surface area (Å²) in [6.45, 7) is 5.89. The van der Waals surface area contributed by atoms with Crippen molar-refractivity contribution in [1.29, 1.82) is 0 Å². The fourth-order valence-corrected chi connectivity index (χ4v) is 5.90. The minimum Gasteiger partial charge on any atom is -0.495 e. The fourth-order valence-electron chi connectivity index (χ4n) is 4.24. The van der Waals surface area contributed by atoms with Crippen molar-refractivity contribution in [3.8, 4) is 5.75 Å². The van der Waals surface area contributed by atoms with E-state index in [4.69, 9.17) is 4.74 Å². The molecule has 0 atom stereocenters. The Morgan fingerprint density at radius 2 is 1.39 bits per heavy atom. The van der Waals surface area contributed by atoms with E-state index in [-0.39, 0.29) is 4.90 Å². The van der Waals surface area contributed by atoms with E-state index in [1.807, 2.05) is 25.1 Å². The molecule has 0 N–H and O–H groups in total. The number of benzene rings is 1. The first-order valence-electron chi connectivity index (χ1n) is 11.0. The summed E-state index contributed by atoms with van der Waals surface area (Å²) in [6.07, 6.45) is 4.96. The monoisotopic (exact) mass is 445 g/mol. The molecule has 2 aromatic rings. The molecule has 31 heavy (non-hydrogen) atoms. The average molecular weight is 446 g/mol. The molecule has 0 spiro atoms. The molecule has 1 aromatic carbocycles. The number of ether oxygens (including phenoxy) is 1. The minimum atomic E-state index is -3.62. The van der Waals surface area contributed by atoms with Crippen LogP contribution in [0, 0.1) is 6.92 Å². The van der Waals surface area contributed by atoms with E-state index < -0.39 is 10.0 Å². The van der Waals surface area contributed by atoms with Gasteiger partial charge in [-0.3, -0.25) is 0 Å². The molecule has 168 valence electrons. The summed E-state index contributed by atoms with van der Waals surface area (Å²) in [5.41, 5.74) is 0.887. The quantitative estimate of drug-likeness (QED) is 0.700. The fraction of sp³-hybridized carbons (Fsp3) is 0.545. The Kier molecular flexibility index (Phi) is 6.62. The zero-order chi connectivity index (χ0) is 21.8. The van der Waals surface area contributed by atoms with E-state index >= 15 is 0 Å². The van der Waals surface area contributed by atoms with Crippen LogP contribution < -0.4 is 14.5 Å². The van der Waals surface area contributed by atoms with Crippen LogP contribution in [0.1, 0.15) is 31.2 Å². The molecule has 2 saturated heterocycles. The second-order valence-electron chi connectivity index (χ2n) is 8.20. The smallest absolute Gasteiger partial charge is 0.246 e. The molecule has 0 bridgehead atoms. The maximum Gasteiger partial charge on any atom is 0.246 e. The second kappa shape index (κ2) is 9.40. The van der Waals surface area contributed by atoms with Crippen LogP contribution in [0.2, 0.25) is 0 Å². The highest BCUT2D eigenvalue weighted by atomic mass is 32.2. The van der Waals surface area contributed by atoms with E-state index in [2.05, 4.69) is 20.0 Å². The lowest BCUT2D eigenvalue weighted by Gasteiger charge is -2.34. The van der Waals surface area contributed by atoms with Crippen LogP contribution in [-0.4, -0.2) is 69.3 Å². The van der Waals surface area contributed by atoms with Crippen molar-refractivity contribution in [1.82, 2.24) is 14.5 Å². The lowest BCUT2D eigenvalue weighted by molar-refractivity contribution is 0.373. The first-order chi connectivity index (χ1) is 15.0. The van der Waals surface area contributed by atoms with Gasteiger partial charge in [-0.1, -0.05) is 18.9 Å². The highest BCUT2D eigenvalue weighted by molar-refractivity contribution is 7.89. The van der Waals surface area contributed by atoms with Gasteiger partial charge in [0.25, 0.3) is 0 Å². The molecule has 4 rings (SSSR count). The van der Waals surface area contributed by atoms with Crippen LogP contribution in [0.5, 0.6) is 5.75 Å². The van der Waals surface area contributed by atoms with Crippen molar-refractivity contribution in [3.05, 3.63) is 35.9 Å². The molecular weight excluding hydrogens is 414 g/mol. The van der Waals surface area contributed by atoms with Crippen LogP contribution >= 0.6 is 0 Å². The molecule has 0 saturated carbocycles. The Labute approximate surface area is 184 Å². The normalized spacial score (nSPS) is 18.6. The summed E-state index contributed by atoms with van der Waals surface area (Å²) < 4.78 is 33.2. The molecule has 2 aliphatic heterocycles. The first-order valence-corrected chi connectivity index (χ1v) is 12.4. The van der Waals surface area contributed by atoms with Gasteiger partial charge in [-0.2, -0.15) is 4.31 Å². The third-order valence-electron chi connectivity index (χ3n) is 6.07. The van der Waals surface area contributed by atoms with Crippen molar-refractivity contribution in [3.63, 3.8) is 0 Å². The van der Waals surface area contributed by atoms with Gasteiger partial charge in [-0.25, -0.2) is 8.42 Å². The molecule has 8 nitrogen and oxygen atoms in total. The van der Waals surface area contributed by atoms with Crippen LogP contribution in [0.4, 0.5) is 11.6 Å². The molecule has 0 unspecified atom stereocenters. The number of rotatable bonds is 5. The number of nitrogens with zero attached hydrogens (tertiary/aromatic N) is 5. The van der Waals surface area contributed by atoms with Crippen LogP contribution in [0.3, 0.4) is 0 Å². The lowest BCUT2D eigenvalue weighted by atomic mass is 10.2. The van der Waals surface area contributed by atoms with E-state index in [0.29, 0.717) is 31.9 Å². The SMILES string of the molecule is COc1ccc(C)cc1S(=O)(=O)N1CCN(c2ccc(N3CCCCCC3)nn2)CC1. The number of aryl methyl sites for hydroxylation is 1. The Morgan fingerprint density at radius 3 is 1.94 bits per heavy atom. The Hall–Kier alpha value is -2.39. The van der Waals surface area contributed by atoms with Crippen molar-refractivity contribution in [2.45, 2.75) is 37.5 Å². The van der Waals surface area contributed by atoms with Gasteiger partial charge in [0.1, 0.15) is 10.6 Å². The summed E-state index contributed by atoms with van der Waals surface area (Å²) >= 11 is 0. The molecule has 2 fully saturated rings. The molecule has 0 aliphatic carbocycles. The van der Waals surface area contributed by atoms with Crippen molar-refractivity contribution < 1.29 is 13.2 Å². The standard InChI is InChI=1S/C22H31N5O3S/c1-18-7-8-19(30-2)20(17-18)31(28,29)27-15-13-26(14-16-27)22-10-9-21(23-24-22)25-11-5-3-4-6-12-25/h7-10,17H,3-6,11-16H2,1-2H3. The number of sulfonamides is 1. The predicted octanol–water partition coefficient (Wildman–Crippen LogP) is 2.68. The summed E-state index contributed by atoms with van der Waals surface area (Å²) in [4.78, 5) is 4.63. The van der Waals surface area contributed by atoms with E-state index in [1.54, 1.807) is 12.1 Å². The van der Waals surface area contributed by atoms with Gasteiger partial charge >= 0.3 is 0 Å². The number of hydrogen-bond acceptors (Lipinski definition) is 7. The molecular formula is C22H31N5O3S. The second-order valence-corrected chi connectivity index (χ2v) is 10.1. The van der Waals surface area contributed by atoms with Gasteiger partial charge in [0.2, 0.25) is 10.0 Å². The van der Waals surface area contributed by atoms with E-state index in [9.17, 15) is 8.42 Å². The average Bonchev–Trinajstić information content (AvgIpc) is 3.09. The summed E-state index contributed by atoms with van der Waals surface area (Å²) in [6, 6.07) is 9.27. The minimum absolute atomic E-state index is 0.227. The molecule has 9 heteroatoms. The molecule has 3 heterocycles. The zero-order valence-electron chi connectivity index (χ0n) is 18.3. The zero-order valence-corrected chi connectivity index (χ0v) is 19.1. The maximum absolute atomic E-state index is 13.2. The summed E-state index contributed by atoms with van der Waals surface area (Å²) in [5.74, 6) is 2.10. The van der Waals surface area contributed by atoms with Crippen LogP contribution in [0.25, 0.3) is 0 Å². The van der Waals surface area contributed by atoms with Crippen LogP contribution in [0.15, 0.2) is 35.2 Å². The van der Waals surface area contributed by atoms with Gasteiger partial charge in [-0.05, 0) is 49.6 Å². The number of anilines is 2. The van der Waals surface area contributed by atoms with Gasteiger partial charge in [0, 0.05) is 39.3 Å². The number of hydrogen-bond donors (Lipinski definition) is 0. The van der Waals surface area contributed by atoms with Gasteiger partial charge in [0.15, 0.2) is 11.6 Å². The molecule has 1 aromatic heterocycles. The van der Waals surface area contributed by atoms with E-state index in [1.165, 1.54) is 37.1 Å². The highest BCUT2D eigenvalue weighted by Crippen LogP contribution is 2.29. The topological polar surface area (TPSA) is 78.9 Å². The number of aromatic nitrogens is 2. The van der Waals surface area contributed by atoms with Gasteiger partial charge in [0.05, 0.1) is 7.11 Å². The van der Waals surface area contributed by atoms with Gasteiger partial charge in [-0.15, -0.1) is 10.2 Å². The first kappa shape index (κ1) is 21.8. The number of piperazine rings is 1. The lowest BCUT2D eigenvalue weighted by Crippen LogP contribution is -2.49. The van der Waals surface area contributed by atoms with Crippen LogP contribution in [-0.2, 0) is 10.0 Å². The third-order valence-corrected chi connectivity index (χ3v) is 7.99. The summed E-state index contributed by atoms with van der Waals surface area (Å²) in [7, 11) is -2.12. The molecule has 0 amide bonds. The highest BCUT2D eigenvalue weighted by Gasteiger charge is 2.31. The van der Waals surface area contributed by atoms with Crippen molar-refractivity contribution in [2.24, 2.45) is 0 Å². The largest absolute Gasteiger partial charge is 0.495 e. The molecule has 2 aliphatic rings. The maximum atomic E-state index is 13.2. The Morgan fingerprint density at radius 1 is 0.806 bits per heavy atom. The Bertz CT molecular complexity index is 981. The van der Waals surface area contributed by atoms with Crippen molar-refractivity contribution in [2.75, 3.05) is 56.2 Å². The third kappa shape index (κ3) is 4.77. The molecule has 0 radical (unpaired) electrons. The summed E-state index contributed by atoms with van der Waals surface area (Å²) in [5, 5.41) is 8.89. The Balaban J connectivity index is 1.42. The van der Waals surface area contributed by atoms with E-state index in [0.717, 1.165) is 30.3 Å². The van der Waals surface area contributed by atoms with Crippen molar-refractivity contribution >= 4 is 21.7 Å². The predicted molar refractivity (Wildman–Crippen MR) is 121 cm³/mol. The number of methoxy groups -OCH3 is 1. The van der Waals surface area contributed by atoms with Gasteiger partial charge < -0.3 is 14.5 Å².